The Morgan fingerprint density at radius 2 is 2.06 bits per heavy atom. The predicted molar refractivity (Wildman–Crippen MR) is 64.6 cm³/mol. The molecule has 1 fully saturated rings. The second-order valence-corrected chi connectivity index (χ2v) is 5.44. The topological polar surface area (TPSA) is 29.1 Å². The second kappa shape index (κ2) is 4.53. The number of nitrogens with one attached hydrogen (secondary N) is 1. The number of carbonyl (C=O) groups is 1. The molecule has 2 rings (SSSR count). The highest BCUT2D eigenvalue weighted by Crippen LogP contribution is 2.37. The van der Waals surface area contributed by atoms with Crippen LogP contribution in [0.3, 0.4) is 0 Å². The third-order valence-corrected chi connectivity index (χ3v) is 3.23. The fourth-order valence-electron chi connectivity index (χ4n) is 1.72. The molecule has 1 N–H and O–H groups in total. The first kappa shape index (κ1) is 12.8. The zero-order valence-electron chi connectivity index (χ0n) is 8.64. The molecule has 92 valence electrons. The van der Waals surface area contributed by atoms with Gasteiger partial charge in [-0.05, 0) is 18.2 Å². The molecule has 0 aliphatic heterocycles. The molecule has 1 aliphatic rings. The molecule has 0 radical (unpaired) electrons. The monoisotopic (exact) mass is 323 g/mol. The number of hydrogen-bond donors (Lipinski definition) is 1. The maximum atomic E-state index is 12.6. The Bertz CT molecular complexity index is 439. The Kier molecular flexibility index (Phi) is 3.41. The number of halogens is 4. The molecule has 1 aromatic carbocycles. The number of amides is 1. The van der Waals surface area contributed by atoms with E-state index in [4.69, 9.17) is 11.6 Å². The summed E-state index contributed by atoms with van der Waals surface area (Å²) in [4.78, 5) is 11.7. The van der Waals surface area contributed by atoms with Crippen molar-refractivity contribution >= 4 is 33.4 Å². The highest BCUT2D eigenvalue weighted by molar-refractivity contribution is 9.10. The van der Waals surface area contributed by atoms with Crippen molar-refractivity contribution < 1.29 is 13.6 Å². The van der Waals surface area contributed by atoms with E-state index in [-0.39, 0.29) is 18.7 Å². The Morgan fingerprint density at radius 3 is 2.59 bits per heavy atom. The number of benzene rings is 1. The van der Waals surface area contributed by atoms with Crippen LogP contribution in [0.15, 0.2) is 22.7 Å². The highest BCUT2D eigenvalue weighted by atomic mass is 79.9. The molecule has 1 saturated carbocycles. The van der Waals surface area contributed by atoms with Crippen molar-refractivity contribution in [1.29, 1.82) is 0 Å². The molecule has 17 heavy (non-hydrogen) atoms. The summed E-state index contributed by atoms with van der Waals surface area (Å²) in [5, 5.41) is 2.96. The van der Waals surface area contributed by atoms with Gasteiger partial charge in [0.05, 0.1) is 0 Å². The lowest BCUT2D eigenvalue weighted by Gasteiger charge is -2.35. The standard InChI is InChI=1S/C11H9BrClF2NO/c12-7-1-6(2-8(13)3-7)10(17)16-9-4-11(14,15)5-9/h1-3,9H,4-5H2,(H,16,17). The van der Waals surface area contributed by atoms with Crippen LogP contribution in [0.5, 0.6) is 0 Å². The molecule has 6 heteroatoms. The average molecular weight is 325 g/mol. The minimum Gasteiger partial charge on any atom is -0.349 e. The number of hydrogen-bond acceptors (Lipinski definition) is 1. The SMILES string of the molecule is O=C(NC1CC(F)(F)C1)c1cc(Cl)cc(Br)c1. The van der Waals surface area contributed by atoms with Gasteiger partial charge in [-0.3, -0.25) is 4.79 Å². The lowest BCUT2D eigenvalue weighted by atomic mass is 9.88. The third kappa shape index (κ3) is 3.16. The summed E-state index contributed by atoms with van der Waals surface area (Å²) in [5.74, 6) is -3.01. The Balaban J connectivity index is 2.01. The molecule has 0 saturated heterocycles. The van der Waals surface area contributed by atoms with E-state index < -0.39 is 12.0 Å². The van der Waals surface area contributed by atoms with Gasteiger partial charge in [-0.1, -0.05) is 27.5 Å². The fraction of sp³-hybridized carbons (Fsp3) is 0.364. The maximum Gasteiger partial charge on any atom is 0.252 e. The Hall–Kier alpha value is -0.680. The van der Waals surface area contributed by atoms with Crippen molar-refractivity contribution in [2.45, 2.75) is 24.8 Å². The van der Waals surface area contributed by atoms with E-state index in [2.05, 4.69) is 21.2 Å². The molecule has 0 heterocycles. The lowest BCUT2D eigenvalue weighted by Crippen LogP contribution is -2.50. The van der Waals surface area contributed by atoms with E-state index >= 15 is 0 Å². The van der Waals surface area contributed by atoms with Crippen LogP contribution in [0.2, 0.25) is 5.02 Å². The van der Waals surface area contributed by atoms with Crippen LogP contribution in [0.4, 0.5) is 8.78 Å². The second-order valence-electron chi connectivity index (χ2n) is 4.09. The van der Waals surface area contributed by atoms with Gasteiger partial charge in [0.1, 0.15) is 0 Å². The van der Waals surface area contributed by atoms with E-state index in [1.165, 1.54) is 6.07 Å². The first-order valence-electron chi connectivity index (χ1n) is 5.00. The fourth-order valence-corrected chi connectivity index (χ4v) is 2.58. The zero-order valence-corrected chi connectivity index (χ0v) is 11.0. The molecule has 1 aromatic rings. The minimum atomic E-state index is -2.63. The first-order valence-corrected chi connectivity index (χ1v) is 6.18. The number of carbonyl (C=O) groups excluding carboxylic acids is 1. The van der Waals surface area contributed by atoms with Gasteiger partial charge in [-0.25, -0.2) is 8.78 Å². The molecule has 0 atom stereocenters. The zero-order chi connectivity index (χ0) is 12.6. The van der Waals surface area contributed by atoms with Crippen LogP contribution in [-0.4, -0.2) is 17.9 Å². The predicted octanol–water partition coefficient (Wildman–Crippen LogP) is 3.63. The van der Waals surface area contributed by atoms with Crippen LogP contribution in [0, 0.1) is 0 Å². The van der Waals surface area contributed by atoms with Gasteiger partial charge < -0.3 is 5.32 Å². The van der Waals surface area contributed by atoms with E-state index in [1.807, 2.05) is 0 Å². The van der Waals surface area contributed by atoms with E-state index in [9.17, 15) is 13.6 Å². The number of rotatable bonds is 2. The van der Waals surface area contributed by atoms with Crippen LogP contribution >= 0.6 is 27.5 Å². The first-order chi connectivity index (χ1) is 7.85. The van der Waals surface area contributed by atoms with Crippen molar-refractivity contribution in [3.05, 3.63) is 33.3 Å². The largest absolute Gasteiger partial charge is 0.349 e. The molecule has 0 bridgehead atoms. The Labute approximate surface area is 110 Å². The van der Waals surface area contributed by atoms with Gasteiger partial charge in [0.15, 0.2) is 0 Å². The molecule has 0 aromatic heterocycles. The molecule has 0 unspecified atom stereocenters. The average Bonchev–Trinajstić information content (AvgIpc) is 2.13. The normalized spacial score (nSPS) is 18.6. The van der Waals surface area contributed by atoms with Gasteiger partial charge in [-0.2, -0.15) is 0 Å². The molecule has 2 nitrogen and oxygen atoms in total. The van der Waals surface area contributed by atoms with Crippen LogP contribution in [-0.2, 0) is 0 Å². The van der Waals surface area contributed by atoms with E-state index in [0.29, 0.717) is 15.1 Å². The quantitative estimate of drug-likeness (QED) is 0.884. The maximum absolute atomic E-state index is 12.6. The van der Waals surface area contributed by atoms with E-state index in [0.717, 1.165) is 0 Å². The summed E-state index contributed by atoms with van der Waals surface area (Å²) in [6, 6.07) is 4.29. The van der Waals surface area contributed by atoms with Crippen molar-refractivity contribution in [3.8, 4) is 0 Å². The smallest absolute Gasteiger partial charge is 0.252 e. The molecular formula is C11H9BrClF2NO. The summed E-state index contributed by atoms with van der Waals surface area (Å²) in [5.41, 5.74) is 0.361. The summed E-state index contributed by atoms with van der Waals surface area (Å²) >= 11 is 9.01. The summed E-state index contributed by atoms with van der Waals surface area (Å²) < 4.78 is 25.9. The summed E-state index contributed by atoms with van der Waals surface area (Å²) in [6.45, 7) is 0. The van der Waals surface area contributed by atoms with Crippen LogP contribution < -0.4 is 5.32 Å². The highest BCUT2D eigenvalue weighted by Gasteiger charge is 2.45. The van der Waals surface area contributed by atoms with Gasteiger partial charge >= 0.3 is 0 Å². The van der Waals surface area contributed by atoms with Gasteiger partial charge in [0.2, 0.25) is 0 Å². The molecule has 1 aliphatic carbocycles. The lowest BCUT2D eigenvalue weighted by molar-refractivity contribution is -0.0901. The van der Waals surface area contributed by atoms with E-state index in [1.54, 1.807) is 12.1 Å². The van der Waals surface area contributed by atoms with Crippen molar-refractivity contribution in [2.75, 3.05) is 0 Å². The molecule has 0 spiro atoms. The Morgan fingerprint density at radius 1 is 1.41 bits per heavy atom. The molecule has 1 amide bonds. The summed E-state index contributed by atoms with van der Waals surface area (Å²) in [7, 11) is 0. The molecular weight excluding hydrogens is 315 g/mol. The van der Waals surface area contributed by atoms with Gasteiger partial charge in [0.25, 0.3) is 11.8 Å². The van der Waals surface area contributed by atoms with Crippen molar-refractivity contribution in [2.24, 2.45) is 0 Å². The van der Waals surface area contributed by atoms with Crippen molar-refractivity contribution in [1.82, 2.24) is 5.32 Å². The summed E-state index contributed by atoms with van der Waals surface area (Å²) in [6.07, 6.45) is -0.582. The van der Waals surface area contributed by atoms with Crippen LogP contribution in [0.1, 0.15) is 23.2 Å². The van der Waals surface area contributed by atoms with Gasteiger partial charge in [0, 0.05) is 33.9 Å². The van der Waals surface area contributed by atoms with Crippen LogP contribution in [0.25, 0.3) is 0 Å². The third-order valence-electron chi connectivity index (χ3n) is 2.55. The van der Waals surface area contributed by atoms with Crippen molar-refractivity contribution in [3.63, 3.8) is 0 Å². The minimum absolute atomic E-state index is 0.291. The van der Waals surface area contributed by atoms with Gasteiger partial charge in [-0.15, -0.1) is 0 Å². The number of alkyl halides is 2.